The Balaban J connectivity index is 2.53. The van der Waals surface area contributed by atoms with Crippen molar-refractivity contribution in [2.45, 2.75) is 39.2 Å². The Morgan fingerprint density at radius 1 is 1.45 bits per heavy atom. The normalized spacial score (nSPS) is 20.5. The van der Waals surface area contributed by atoms with Crippen LogP contribution in [0.25, 0.3) is 0 Å². The molecule has 0 bridgehead atoms. The molecule has 2 atom stereocenters. The van der Waals surface area contributed by atoms with Crippen molar-refractivity contribution in [1.29, 1.82) is 0 Å². The smallest absolute Gasteiger partial charge is 0.321 e. The highest BCUT2D eigenvalue weighted by atomic mass is 16.2. The van der Waals surface area contributed by atoms with Crippen molar-refractivity contribution in [3.63, 3.8) is 0 Å². The van der Waals surface area contributed by atoms with E-state index in [9.17, 15) is 9.59 Å². The fraction of sp³-hybridized carbons (Fsp3) is 0.857. The van der Waals surface area contributed by atoms with E-state index in [0.717, 1.165) is 32.6 Å². The average Bonchev–Trinajstić information content (AvgIpc) is 2.46. The Kier molecular flexibility index (Phi) is 7.54. The molecule has 1 saturated heterocycles. The maximum Gasteiger partial charge on any atom is 0.321 e. The van der Waals surface area contributed by atoms with Crippen molar-refractivity contribution >= 4 is 11.9 Å². The molecular formula is C14H28N4O2. The Morgan fingerprint density at radius 2 is 2.20 bits per heavy atom. The van der Waals surface area contributed by atoms with Gasteiger partial charge in [0.15, 0.2) is 0 Å². The van der Waals surface area contributed by atoms with Gasteiger partial charge >= 0.3 is 6.03 Å². The van der Waals surface area contributed by atoms with Gasteiger partial charge in [0.25, 0.3) is 0 Å². The second kappa shape index (κ2) is 8.92. The van der Waals surface area contributed by atoms with Gasteiger partial charge in [-0.2, -0.15) is 0 Å². The summed E-state index contributed by atoms with van der Waals surface area (Å²) in [7, 11) is 1.50. The molecule has 1 aliphatic heterocycles. The van der Waals surface area contributed by atoms with Gasteiger partial charge in [-0.05, 0) is 51.7 Å². The van der Waals surface area contributed by atoms with Crippen LogP contribution in [0.1, 0.15) is 33.1 Å². The van der Waals surface area contributed by atoms with Gasteiger partial charge in [-0.25, -0.2) is 4.79 Å². The van der Waals surface area contributed by atoms with Crippen LogP contribution in [-0.4, -0.2) is 56.1 Å². The number of rotatable bonds is 6. The van der Waals surface area contributed by atoms with Crippen LogP contribution < -0.4 is 16.0 Å². The summed E-state index contributed by atoms with van der Waals surface area (Å²) in [5.74, 6) is 0.354. The Labute approximate surface area is 121 Å². The zero-order valence-electron chi connectivity index (χ0n) is 12.9. The molecule has 3 amide bonds. The van der Waals surface area contributed by atoms with E-state index in [4.69, 9.17) is 0 Å². The van der Waals surface area contributed by atoms with Crippen LogP contribution in [0.2, 0.25) is 0 Å². The molecule has 0 spiro atoms. The zero-order chi connectivity index (χ0) is 15.0. The number of amides is 3. The molecule has 0 saturated carbocycles. The summed E-state index contributed by atoms with van der Waals surface area (Å²) in [6.45, 7) is 7.86. The fourth-order valence-electron chi connectivity index (χ4n) is 2.59. The molecule has 0 aromatic carbocycles. The van der Waals surface area contributed by atoms with E-state index in [1.807, 2.05) is 6.92 Å². The predicted molar refractivity (Wildman–Crippen MR) is 79.5 cm³/mol. The zero-order valence-corrected chi connectivity index (χ0v) is 12.9. The first kappa shape index (κ1) is 16.9. The summed E-state index contributed by atoms with van der Waals surface area (Å²) in [5.41, 5.74) is 0. The molecule has 6 nitrogen and oxygen atoms in total. The topological polar surface area (TPSA) is 73.5 Å². The fourth-order valence-corrected chi connectivity index (χ4v) is 2.59. The van der Waals surface area contributed by atoms with E-state index in [2.05, 4.69) is 27.8 Å². The molecule has 0 aromatic rings. The number of nitrogens with one attached hydrogen (secondary N) is 3. The third kappa shape index (κ3) is 5.46. The number of hydrogen-bond acceptors (Lipinski definition) is 4. The lowest BCUT2D eigenvalue weighted by Gasteiger charge is -2.33. The van der Waals surface area contributed by atoms with Crippen LogP contribution in [0.15, 0.2) is 0 Å². The van der Waals surface area contributed by atoms with Gasteiger partial charge in [0.05, 0.1) is 6.04 Å². The molecule has 1 aliphatic rings. The Morgan fingerprint density at radius 3 is 2.75 bits per heavy atom. The molecule has 0 aliphatic carbocycles. The van der Waals surface area contributed by atoms with Crippen molar-refractivity contribution in [3.05, 3.63) is 0 Å². The minimum absolute atomic E-state index is 0.235. The maximum atomic E-state index is 12.0. The average molecular weight is 284 g/mol. The minimum Gasteiger partial charge on any atom is -0.341 e. The Bertz CT molecular complexity index is 316. The molecular weight excluding hydrogens is 256 g/mol. The molecule has 1 rings (SSSR count). The molecule has 0 radical (unpaired) electrons. The SMILES string of the molecule is CCCN(CC1CCCNC1)C(C)C(=O)NC(=O)NC. The molecule has 3 N–H and O–H groups in total. The molecule has 2 unspecified atom stereocenters. The van der Waals surface area contributed by atoms with E-state index >= 15 is 0 Å². The third-order valence-electron chi connectivity index (χ3n) is 3.79. The van der Waals surface area contributed by atoms with Gasteiger partial charge in [0.2, 0.25) is 5.91 Å². The minimum atomic E-state index is -0.447. The highest BCUT2D eigenvalue weighted by Crippen LogP contribution is 2.14. The lowest BCUT2D eigenvalue weighted by Crippen LogP contribution is -2.51. The molecule has 6 heteroatoms. The van der Waals surface area contributed by atoms with Gasteiger partial charge < -0.3 is 10.6 Å². The summed E-state index contributed by atoms with van der Waals surface area (Å²) in [4.78, 5) is 25.4. The van der Waals surface area contributed by atoms with Crippen LogP contribution in [0, 0.1) is 5.92 Å². The summed E-state index contributed by atoms with van der Waals surface area (Å²) in [6, 6.07) is -0.730. The van der Waals surface area contributed by atoms with Gasteiger partial charge in [-0.3, -0.25) is 15.0 Å². The van der Waals surface area contributed by atoms with E-state index in [1.165, 1.54) is 19.9 Å². The number of urea groups is 1. The van der Waals surface area contributed by atoms with Crippen molar-refractivity contribution in [3.8, 4) is 0 Å². The van der Waals surface area contributed by atoms with E-state index in [0.29, 0.717) is 5.92 Å². The second-order valence-corrected chi connectivity index (χ2v) is 5.45. The van der Waals surface area contributed by atoms with Crippen molar-refractivity contribution in [2.75, 3.05) is 33.2 Å². The quantitative estimate of drug-likeness (QED) is 0.666. The van der Waals surface area contributed by atoms with Crippen LogP contribution in [0.3, 0.4) is 0 Å². The van der Waals surface area contributed by atoms with Crippen LogP contribution in [0.5, 0.6) is 0 Å². The monoisotopic (exact) mass is 284 g/mol. The summed E-state index contributed by atoms with van der Waals surface area (Å²) >= 11 is 0. The highest BCUT2D eigenvalue weighted by Gasteiger charge is 2.25. The molecule has 1 heterocycles. The van der Waals surface area contributed by atoms with E-state index in [-0.39, 0.29) is 11.9 Å². The molecule has 1 fully saturated rings. The maximum absolute atomic E-state index is 12.0. The van der Waals surface area contributed by atoms with Gasteiger partial charge in [-0.15, -0.1) is 0 Å². The summed E-state index contributed by atoms with van der Waals surface area (Å²) < 4.78 is 0. The predicted octanol–water partition coefficient (Wildman–Crippen LogP) is 0.542. The number of imide groups is 1. The number of piperidine rings is 1. The second-order valence-electron chi connectivity index (χ2n) is 5.45. The number of nitrogens with zero attached hydrogens (tertiary/aromatic N) is 1. The van der Waals surface area contributed by atoms with E-state index < -0.39 is 6.03 Å². The first-order valence-corrected chi connectivity index (χ1v) is 7.55. The van der Waals surface area contributed by atoms with Crippen molar-refractivity contribution in [1.82, 2.24) is 20.9 Å². The molecule has 0 aromatic heterocycles. The van der Waals surface area contributed by atoms with Gasteiger partial charge in [0, 0.05) is 13.6 Å². The van der Waals surface area contributed by atoms with Crippen LogP contribution in [-0.2, 0) is 4.79 Å². The van der Waals surface area contributed by atoms with Crippen molar-refractivity contribution < 1.29 is 9.59 Å². The highest BCUT2D eigenvalue weighted by molar-refractivity contribution is 5.96. The van der Waals surface area contributed by atoms with Crippen LogP contribution >= 0.6 is 0 Å². The first-order chi connectivity index (χ1) is 9.58. The summed E-state index contributed by atoms with van der Waals surface area (Å²) in [6.07, 6.45) is 3.40. The summed E-state index contributed by atoms with van der Waals surface area (Å²) in [5, 5.41) is 8.16. The lowest BCUT2D eigenvalue weighted by atomic mass is 9.98. The van der Waals surface area contributed by atoms with Crippen molar-refractivity contribution in [2.24, 2.45) is 5.92 Å². The van der Waals surface area contributed by atoms with Gasteiger partial charge in [-0.1, -0.05) is 6.92 Å². The van der Waals surface area contributed by atoms with E-state index in [1.54, 1.807) is 0 Å². The molecule has 20 heavy (non-hydrogen) atoms. The Hall–Kier alpha value is -1.14. The number of hydrogen-bond donors (Lipinski definition) is 3. The lowest BCUT2D eigenvalue weighted by molar-refractivity contribution is -0.125. The van der Waals surface area contributed by atoms with Crippen LogP contribution in [0.4, 0.5) is 4.79 Å². The number of carbonyl (C=O) groups is 2. The first-order valence-electron chi connectivity index (χ1n) is 7.55. The third-order valence-corrected chi connectivity index (χ3v) is 3.79. The molecule has 116 valence electrons. The standard InChI is InChI=1S/C14H28N4O2/c1-4-8-18(10-12-6-5-7-16-9-12)11(2)13(19)17-14(20)15-3/h11-12,16H,4-10H2,1-3H3,(H2,15,17,19,20). The van der Waals surface area contributed by atoms with Gasteiger partial charge in [0.1, 0.15) is 0 Å². The number of carbonyl (C=O) groups excluding carboxylic acids is 2. The largest absolute Gasteiger partial charge is 0.341 e.